The van der Waals surface area contributed by atoms with Crippen LogP contribution in [-0.4, -0.2) is 34.9 Å². The van der Waals surface area contributed by atoms with E-state index < -0.39 is 5.38 Å². The second-order valence-corrected chi connectivity index (χ2v) is 6.57. The van der Waals surface area contributed by atoms with Crippen LogP contribution in [0.25, 0.3) is 16.9 Å². The van der Waals surface area contributed by atoms with Gasteiger partial charge in [-0.15, -0.1) is 11.6 Å². The second kappa shape index (κ2) is 7.25. The summed E-state index contributed by atoms with van der Waals surface area (Å²) >= 11 is 5.93. The van der Waals surface area contributed by atoms with Crippen LogP contribution in [0.3, 0.4) is 0 Å². The van der Waals surface area contributed by atoms with Crippen LogP contribution in [-0.2, 0) is 4.79 Å². The Balaban J connectivity index is 2.19. The second-order valence-electron chi connectivity index (χ2n) is 5.92. The molecule has 6 nitrogen and oxygen atoms in total. The number of pyridine rings is 1. The molecule has 0 bridgehead atoms. The number of rotatable bonds is 5. The van der Waals surface area contributed by atoms with Crippen molar-refractivity contribution in [1.29, 1.82) is 0 Å². The number of nitrogens with one attached hydrogen (secondary N) is 1. The number of fused-ring (bicyclic) bond motifs is 1. The average molecular weight is 374 g/mol. The van der Waals surface area contributed by atoms with Gasteiger partial charge in [-0.05, 0) is 49.7 Å². The number of hydrogen-bond donors (Lipinski definition) is 1. The van der Waals surface area contributed by atoms with E-state index in [0.29, 0.717) is 23.0 Å². The largest absolute Gasteiger partial charge is 0.493 e. The highest BCUT2D eigenvalue weighted by molar-refractivity contribution is 6.32. The monoisotopic (exact) mass is 373 g/mol. The zero-order valence-corrected chi connectivity index (χ0v) is 15.8. The van der Waals surface area contributed by atoms with Gasteiger partial charge in [-0.1, -0.05) is 0 Å². The first kappa shape index (κ1) is 18.1. The van der Waals surface area contributed by atoms with E-state index in [1.54, 1.807) is 27.2 Å². The van der Waals surface area contributed by atoms with E-state index in [9.17, 15) is 4.79 Å². The van der Waals surface area contributed by atoms with Gasteiger partial charge in [0, 0.05) is 11.8 Å². The van der Waals surface area contributed by atoms with E-state index in [0.717, 1.165) is 16.8 Å². The predicted octanol–water partition coefficient (Wildman–Crippen LogP) is 3.89. The molecule has 7 heteroatoms. The van der Waals surface area contributed by atoms with E-state index in [-0.39, 0.29) is 5.91 Å². The Hall–Kier alpha value is -2.73. The third kappa shape index (κ3) is 3.32. The number of imidazole rings is 1. The van der Waals surface area contributed by atoms with E-state index >= 15 is 0 Å². The van der Waals surface area contributed by atoms with Crippen LogP contribution in [0, 0.1) is 6.92 Å². The number of ether oxygens (including phenoxy) is 2. The average Bonchev–Trinajstić information content (AvgIpc) is 2.98. The third-order valence-corrected chi connectivity index (χ3v) is 4.24. The number of aryl methyl sites for hydroxylation is 1. The number of carbonyl (C=O) groups is 1. The normalized spacial score (nSPS) is 12.0. The van der Waals surface area contributed by atoms with Gasteiger partial charge in [-0.25, -0.2) is 4.98 Å². The lowest BCUT2D eigenvalue weighted by atomic mass is 10.1. The molecule has 0 spiro atoms. The van der Waals surface area contributed by atoms with Crippen LogP contribution < -0.4 is 14.8 Å². The Morgan fingerprint density at radius 2 is 1.92 bits per heavy atom. The minimum absolute atomic E-state index is 0.296. The van der Waals surface area contributed by atoms with Crippen LogP contribution in [0.5, 0.6) is 11.5 Å². The van der Waals surface area contributed by atoms with Crippen molar-refractivity contribution in [2.45, 2.75) is 19.2 Å². The van der Waals surface area contributed by atoms with Gasteiger partial charge in [-0.3, -0.25) is 9.20 Å². The molecule has 1 amide bonds. The van der Waals surface area contributed by atoms with E-state index in [4.69, 9.17) is 26.1 Å². The van der Waals surface area contributed by atoms with Gasteiger partial charge in [0.15, 0.2) is 11.5 Å². The number of hydrogen-bond acceptors (Lipinski definition) is 4. The fraction of sp³-hybridized carbons (Fsp3) is 0.263. The summed E-state index contributed by atoms with van der Waals surface area (Å²) < 4.78 is 12.5. The molecule has 136 valence electrons. The number of benzene rings is 1. The highest BCUT2D eigenvalue weighted by Crippen LogP contribution is 2.35. The summed E-state index contributed by atoms with van der Waals surface area (Å²) in [6, 6.07) is 9.40. The van der Waals surface area contributed by atoms with Gasteiger partial charge in [0.1, 0.15) is 22.5 Å². The molecule has 3 aromatic rings. The van der Waals surface area contributed by atoms with Crippen LogP contribution in [0.1, 0.15) is 12.5 Å². The smallest absolute Gasteiger partial charge is 0.243 e. The molecule has 0 aliphatic rings. The van der Waals surface area contributed by atoms with Crippen molar-refractivity contribution in [3.8, 4) is 22.8 Å². The van der Waals surface area contributed by atoms with Crippen LogP contribution in [0.2, 0.25) is 0 Å². The standard InChI is InChI=1S/C19H20ClN3O3/c1-11-7-8-23-16(9-11)21-17(18(23)22-19(24)12(2)20)13-5-6-14(25-3)15(10-13)26-4/h5-10,12H,1-4H3,(H,22,24). The van der Waals surface area contributed by atoms with Crippen molar-refractivity contribution < 1.29 is 14.3 Å². The first-order valence-corrected chi connectivity index (χ1v) is 8.54. The van der Waals surface area contributed by atoms with Gasteiger partial charge in [-0.2, -0.15) is 0 Å². The number of halogens is 1. The fourth-order valence-corrected chi connectivity index (χ4v) is 2.72. The third-order valence-electron chi connectivity index (χ3n) is 4.04. The first-order valence-electron chi connectivity index (χ1n) is 8.10. The number of amides is 1. The van der Waals surface area contributed by atoms with Gasteiger partial charge < -0.3 is 14.8 Å². The van der Waals surface area contributed by atoms with Crippen molar-refractivity contribution in [3.63, 3.8) is 0 Å². The Labute approximate surface area is 156 Å². The lowest BCUT2D eigenvalue weighted by molar-refractivity contribution is -0.115. The summed E-state index contributed by atoms with van der Waals surface area (Å²) in [6.45, 7) is 3.62. The van der Waals surface area contributed by atoms with E-state index in [2.05, 4.69) is 5.32 Å². The van der Waals surface area contributed by atoms with E-state index in [1.807, 2.05) is 41.8 Å². The topological polar surface area (TPSA) is 64.9 Å². The molecule has 26 heavy (non-hydrogen) atoms. The van der Waals surface area contributed by atoms with Gasteiger partial charge in [0.2, 0.25) is 5.91 Å². The Kier molecular flexibility index (Phi) is 5.04. The highest BCUT2D eigenvalue weighted by atomic mass is 35.5. The highest BCUT2D eigenvalue weighted by Gasteiger charge is 2.20. The molecular weight excluding hydrogens is 354 g/mol. The summed E-state index contributed by atoms with van der Waals surface area (Å²) in [4.78, 5) is 16.9. The molecule has 2 heterocycles. The first-order chi connectivity index (χ1) is 12.4. The van der Waals surface area contributed by atoms with Crippen LogP contribution in [0.15, 0.2) is 36.5 Å². The SMILES string of the molecule is COc1ccc(-c2nc3cc(C)ccn3c2NC(=O)C(C)Cl)cc1OC. The maximum Gasteiger partial charge on any atom is 0.243 e. The summed E-state index contributed by atoms with van der Waals surface area (Å²) in [5, 5.41) is 2.21. The van der Waals surface area contributed by atoms with Gasteiger partial charge in [0.25, 0.3) is 0 Å². The van der Waals surface area contributed by atoms with Crippen LogP contribution >= 0.6 is 11.6 Å². The molecule has 0 fully saturated rings. The molecule has 0 saturated carbocycles. The molecule has 1 atom stereocenters. The molecule has 0 radical (unpaired) electrons. The number of alkyl halides is 1. The minimum atomic E-state index is -0.663. The quantitative estimate of drug-likeness (QED) is 0.689. The molecule has 2 aromatic heterocycles. The molecule has 1 unspecified atom stereocenters. The molecule has 1 aromatic carbocycles. The van der Waals surface area contributed by atoms with Crippen molar-refractivity contribution in [2.24, 2.45) is 0 Å². The van der Waals surface area contributed by atoms with Crippen molar-refractivity contribution >= 4 is 29.0 Å². The Morgan fingerprint density at radius 3 is 2.58 bits per heavy atom. The molecular formula is C19H20ClN3O3. The Morgan fingerprint density at radius 1 is 1.19 bits per heavy atom. The predicted molar refractivity (Wildman–Crippen MR) is 102 cm³/mol. The number of nitrogens with zero attached hydrogens (tertiary/aromatic N) is 2. The van der Waals surface area contributed by atoms with Crippen molar-refractivity contribution in [3.05, 3.63) is 42.1 Å². The minimum Gasteiger partial charge on any atom is -0.493 e. The lowest BCUT2D eigenvalue weighted by Crippen LogP contribution is -2.21. The summed E-state index contributed by atoms with van der Waals surface area (Å²) in [6.07, 6.45) is 1.87. The fourth-order valence-electron chi connectivity index (χ4n) is 2.67. The van der Waals surface area contributed by atoms with Crippen molar-refractivity contribution in [1.82, 2.24) is 9.38 Å². The van der Waals surface area contributed by atoms with E-state index in [1.165, 1.54) is 0 Å². The molecule has 0 aliphatic heterocycles. The summed E-state index contributed by atoms with van der Waals surface area (Å²) in [5.74, 6) is 1.47. The number of carbonyl (C=O) groups excluding carboxylic acids is 1. The van der Waals surface area contributed by atoms with Gasteiger partial charge in [0.05, 0.1) is 14.2 Å². The zero-order valence-electron chi connectivity index (χ0n) is 15.0. The molecule has 0 saturated heterocycles. The maximum atomic E-state index is 12.2. The van der Waals surface area contributed by atoms with Crippen molar-refractivity contribution in [2.75, 3.05) is 19.5 Å². The maximum absolute atomic E-state index is 12.2. The number of anilines is 1. The summed E-state index contributed by atoms with van der Waals surface area (Å²) in [5.41, 5.74) is 3.22. The molecule has 0 aliphatic carbocycles. The number of aromatic nitrogens is 2. The van der Waals surface area contributed by atoms with Crippen LogP contribution in [0.4, 0.5) is 5.82 Å². The molecule has 1 N–H and O–H groups in total. The lowest BCUT2D eigenvalue weighted by Gasteiger charge is -2.11. The molecule has 3 rings (SSSR count). The van der Waals surface area contributed by atoms with Gasteiger partial charge >= 0.3 is 0 Å². The number of methoxy groups -OCH3 is 2. The Bertz CT molecular complexity index is 966. The zero-order chi connectivity index (χ0) is 18.8. The summed E-state index contributed by atoms with van der Waals surface area (Å²) in [7, 11) is 3.16.